The van der Waals surface area contributed by atoms with Gasteiger partial charge in [-0.2, -0.15) is 0 Å². The van der Waals surface area contributed by atoms with Crippen LogP contribution in [-0.2, 0) is 12.8 Å². The fourth-order valence-corrected chi connectivity index (χ4v) is 1.79. The van der Waals surface area contributed by atoms with E-state index in [4.69, 9.17) is 10.5 Å². The number of ether oxygens (including phenoxy) is 1. The fraction of sp³-hybridized carbons (Fsp3) is 0.571. The minimum absolute atomic E-state index is 0. The van der Waals surface area contributed by atoms with E-state index < -0.39 is 0 Å². The summed E-state index contributed by atoms with van der Waals surface area (Å²) in [5.41, 5.74) is 8.54. The number of benzene rings is 1. The number of rotatable bonds is 6. The lowest BCUT2D eigenvalue weighted by Crippen LogP contribution is -2.18. The van der Waals surface area contributed by atoms with Crippen LogP contribution in [0.1, 0.15) is 38.3 Å². The van der Waals surface area contributed by atoms with Gasteiger partial charge in [-0.1, -0.05) is 19.9 Å². The van der Waals surface area contributed by atoms with Gasteiger partial charge in [-0.25, -0.2) is 0 Å². The van der Waals surface area contributed by atoms with Crippen LogP contribution in [0, 0.1) is 0 Å². The molecule has 1 rings (SSSR count). The molecule has 0 saturated heterocycles. The van der Waals surface area contributed by atoms with Gasteiger partial charge in [-0.15, -0.1) is 12.4 Å². The molecule has 1 unspecified atom stereocenters. The monoisotopic (exact) mass is 257 g/mol. The predicted octanol–water partition coefficient (Wildman–Crippen LogP) is 3.35. The molecule has 0 heterocycles. The van der Waals surface area contributed by atoms with E-state index in [0.29, 0.717) is 0 Å². The van der Waals surface area contributed by atoms with Crippen LogP contribution in [0.15, 0.2) is 18.2 Å². The number of aryl methyl sites for hydroxylation is 1. The fourth-order valence-electron chi connectivity index (χ4n) is 1.79. The molecule has 0 aromatic heterocycles. The van der Waals surface area contributed by atoms with Crippen LogP contribution in [0.3, 0.4) is 0 Å². The Balaban J connectivity index is 0.00000256. The van der Waals surface area contributed by atoms with Gasteiger partial charge >= 0.3 is 0 Å². The molecule has 17 heavy (non-hydrogen) atoms. The zero-order valence-corrected chi connectivity index (χ0v) is 11.8. The lowest BCUT2D eigenvalue weighted by atomic mass is 9.99. The van der Waals surface area contributed by atoms with E-state index >= 15 is 0 Å². The van der Waals surface area contributed by atoms with Gasteiger partial charge < -0.3 is 10.5 Å². The van der Waals surface area contributed by atoms with Gasteiger partial charge in [0.1, 0.15) is 5.75 Å². The van der Waals surface area contributed by atoms with Gasteiger partial charge in [0.15, 0.2) is 0 Å². The van der Waals surface area contributed by atoms with Gasteiger partial charge in [-0.05, 0) is 49.4 Å². The Hall–Kier alpha value is -0.730. The van der Waals surface area contributed by atoms with Gasteiger partial charge in [0, 0.05) is 6.04 Å². The summed E-state index contributed by atoms with van der Waals surface area (Å²) in [6, 6.07) is 6.56. The van der Waals surface area contributed by atoms with E-state index in [1.54, 1.807) is 0 Å². The van der Waals surface area contributed by atoms with Crippen molar-refractivity contribution in [2.45, 2.75) is 46.1 Å². The molecular weight excluding hydrogens is 234 g/mol. The minimum Gasteiger partial charge on any atom is -0.494 e. The molecular formula is C14H24ClNO. The number of nitrogens with two attached hydrogens (primary N) is 1. The molecule has 0 fully saturated rings. The molecule has 0 aliphatic heterocycles. The largest absolute Gasteiger partial charge is 0.494 e. The lowest BCUT2D eigenvalue weighted by molar-refractivity contribution is 0.317. The Morgan fingerprint density at radius 3 is 2.47 bits per heavy atom. The van der Waals surface area contributed by atoms with Crippen LogP contribution >= 0.6 is 12.4 Å². The van der Waals surface area contributed by atoms with Crippen molar-refractivity contribution >= 4 is 12.4 Å². The van der Waals surface area contributed by atoms with Crippen LogP contribution in [0.4, 0.5) is 0 Å². The standard InChI is InChI=1S/C14H23NO.ClH/c1-4-8-16-14-7-6-13(9-11(3)15)12(5-2)10-14;/h6-7,10-11H,4-5,8-9,15H2,1-3H3;1H. The Kier molecular flexibility index (Phi) is 8.01. The summed E-state index contributed by atoms with van der Waals surface area (Å²) >= 11 is 0. The van der Waals surface area contributed by atoms with Crippen LogP contribution in [-0.4, -0.2) is 12.6 Å². The molecule has 0 aliphatic carbocycles. The van der Waals surface area contributed by atoms with Gasteiger partial charge in [0.25, 0.3) is 0 Å². The van der Waals surface area contributed by atoms with E-state index in [9.17, 15) is 0 Å². The van der Waals surface area contributed by atoms with Crippen molar-refractivity contribution < 1.29 is 4.74 Å². The first-order valence-electron chi connectivity index (χ1n) is 6.17. The second-order valence-electron chi connectivity index (χ2n) is 4.31. The molecule has 0 spiro atoms. The molecule has 0 radical (unpaired) electrons. The first-order valence-corrected chi connectivity index (χ1v) is 6.17. The maximum atomic E-state index is 5.84. The van der Waals surface area contributed by atoms with Gasteiger partial charge in [0.05, 0.1) is 6.61 Å². The quantitative estimate of drug-likeness (QED) is 0.848. The highest BCUT2D eigenvalue weighted by atomic mass is 35.5. The first kappa shape index (κ1) is 16.3. The molecule has 0 saturated carbocycles. The highest BCUT2D eigenvalue weighted by molar-refractivity contribution is 5.85. The molecule has 1 aromatic rings. The first-order chi connectivity index (χ1) is 7.67. The summed E-state index contributed by atoms with van der Waals surface area (Å²) < 4.78 is 5.63. The second-order valence-corrected chi connectivity index (χ2v) is 4.31. The maximum absolute atomic E-state index is 5.84. The molecule has 0 amide bonds. The Morgan fingerprint density at radius 1 is 1.24 bits per heavy atom. The molecule has 98 valence electrons. The van der Waals surface area contributed by atoms with Crippen LogP contribution in [0.2, 0.25) is 0 Å². The number of hydrogen-bond donors (Lipinski definition) is 1. The van der Waals surface area contributed by atoms with Gasteiger partial charge in [-0.3, -0.25) is 0 Å². The van der Waals surface area contributed by atoms with E-state index in [2.05, 4.69) is 26.0 Å². The minimum atomic E-state index is 0. The highest BCUT2D eigenvalue weighted by Crippen LogP contribution is 2.19. The van der Waals surface area contributed by atoms with Crippen molar-refractivity contribution in [1.82, 2.24) is 0 Å². The Bertz CT molecular complexity index is 326. The second kappa shape index (κ2) is 8.37. The summed E-state index contributed by atoms with van der Waals surface area (Å²) in [5, 5.41) is 0. The molecule has 1 aromatic carbocycles. The summed E-state index contributed by atoms with van der Waals surface area (Å²) in [7, 11) is 0. The van der Waals surface area contributed by atoms with Crippen molar-refractivity contribution in [3.05, 3.63) is 29.3 Å². The SMILES string of the molecule is CCCOc1ccc(CC(C)N)c(CC)c1.Cl. The average Bonchev–Trinajstić information content (AvgIpc) is 2.27. The van der Waals surface area contributed by atoms with Crippen LogP contribution < -0.4 is 10.5 Å². The van der Waals surface area contributed by atoms with Crippen molar-refractivity contribution in [1.29, 1.82) is 0 Å². The maximum Gasteiger partial charge on any atom is 0.119 e. The van der Waals surface area contributed by atoms with Crippen molar-refractivity contribution in [3.63, 3.8) is 0 Å². The number of halogens is 1. The van der Waals surface area contributed by atoms with Gasteiger partial charge in [0.2, 0.25) is 0 Å². The zero-order chi connectivity index (χ0) is 12.0. The van der Waals surface area contributed by atoms with Crippen LogP contribution in [0.5, 0.6) is 5.75 Å². The third kappa shape index (κ3) is 5.42. The normalized spacial score (nSPS) is 11.8. The Morgan fingerprint density at radius 2 is 1.94 bits per heavy atom. The van der Waals surface area contributed by atoms with E-state index in [1.807, 2.05) is 13.0 Å². The molecule has 3 heteroatoms. The van der Waals surface area contributed by atoms with E-state index in [0.717, 1.165) is 31.6 Å². The smallest absolute Gasteiger partial charge is 0.119 e. The molecule has 0 aliphatic rings. The van der Waals surface area contributed by atoms with E-state index in [-0.39, 0.29) is 18.4 Å². The molecule has 2 nitrogen and oxygen atoms in total. The zero-order valence-electron chi connectivity index (χ0n) is 11.0. The summed E-state index contributed by atoms with van der Waals surface area (Å²) in [5.74, 6) is 0.979. The lowest BCUT2D eigenvalue weighted by Gasteiger charge is -2.13. The third-order valence-corrected chi connectivity index (χ3v) is 2.57. The molecule has 0 bridgehead atoms. The van der Waals surface area contributed by atoms with Crippen LogP contribution in [0.25, 0.3) is 0 Å². The topological polar surface area (TPSA) is 35.2 Å². The Labute approximate surface area is 111 Å². The summed E-state index contributed by atoms with van der Waals surface area (Å²) in [6.45, 7) is 7.12. The van der Waals surface area contributed by atoms with Crippen molar-refractivity contribution in [3.8, 4) is 5.75 Å². The van der Waals surface area contributed by atoms with Crippen molar-refractivity contribution in [2.75, 3.05) is 6.61 Å². The molecule has 1 atom stereocenters. The highest BCUT2D eigenvalue weighted by Gasteiger charge is 2.05. The summed E-state index contributed by atoms with van der Waals surface area (Å²) in [4.78, 5) is 0. The number of hydrogen-bond acceptors (Lipinski definition) is 2. The third-order valence-electron chi connectivity index (χ3n) is 2.57. The van der Waals surface area contributed by atoms with Crippen molar-refractivity contribution in [2.24, 2.45) is 5.73 Å². The van der Waals surface area contributed by atoms with E-state index in [1.165, 1.54) is 11.1 Å². The predicted molar refractivity (Wildman–Crippen MR) is 76.2 cm³/mol. The molecule has 2 N–H and O–H groups in total. The summed E-state index contributed by atoms with van der Waals surface area (Å²) in [6.07, 6.45) is 3.02. The average molecular weight is 258 g/mol.